The molecule has 1 aliphatic heterocycles. The lowest BCUT2D eigenvalue weighted by Crippen LogP contribution is -2.48. The van der Waals surface area contributed by atoms with Crippen LogP contribution in [0.3, 0.4) is 0 Å². The van der Waals surface area contributed by atoms with Crippen LogP contribution in [-0.2, 0) is 9.53 Å². The summed E-state index contributed by atoms with van der Waals surface area (Å²) in [6.07, 6.45) is 5.84. The van der Waals surface area contributed by atoms with Gasteiger partial charge in [0.1, 0.15) is 0 Å². The topological polar surface area (TPSA) is 38.3 Å². The summed E-state index contributed by atoms with van der Waals surface area (Å²) in [5, 5.41) is 2.98. The minimum absolute atomic E-state index is 0.222. The Kier molecular flexibility index (Phi) is 2.83. The van der Waals surface area contributed by atoms with Gasteiger partial charge in [0.25, 0.3) is 0 Å². The Morgan fingerprint density at radius 3 is 2.54 bits per heavy atom. The van der Waals surface area contributed by atoms with E-state index < -0.39 is 0 Å². The monoisotopic (exact) mass is 183 g/mol. The standard InChI is InChI=1S/C10H17NO2/c12-10(11-9-6-13-7-9)5-8-3-1-2-4-8/h8-9H,1-7H2,(H,11,12). The van der Waals surface area contributed by atoms with Gasteiger partial charge in [-0.1, -0.05) is 12.8 Å². The first-order valence-electron chi connectivity index (χ1n) is 5.21. The molecule has 1 heterocycles. The second-order valence-corrected chi connectivity index (χ2v) is 4.16. The van der Waals surface area contributed by atoms with Crippen LogP contribution in [0.1, 0.15) is 32.1 Å². The highest BCUT2D eigenvalue weighted by Crippen LogP contribution is 2.27. The van der Waals surface area contributed by atoms with Crippen molar-refractivity contribution in [2.45, 2.75) is 38.1 Å². The molecule has 1 N–H and O–H groups in total. The van der Waals surface area contributed by atoms with E-state index in [-0.39, 0.29) is 5.91 Å². The predicted molar refractivity (Wildman–Crippen MR) is 49.3 cm³/mol. The molecule has 74 valence electrons. The van der Waals surface area contributed by atoms with Crippen molar-refractivity contribution in [2.75, 3.05) is 13.2 Å². The van der Waals surface area contributed by atoms with Crippen molar-refractivity contribution in [3.63, 3.8) is 0 Å². The van der Waals surface area contributed by atoms with Gasteiger partial charge in [0.05, 0.1) is 19.3 Å². The molecule has 1 saturated carbocycles. The maximum Gasteiger partial charge on any atom is 0.220 e. The van der Waals surface area contributed by atoms with Crippen molar-refractivity contribution in [1.82, 2.24) is 5.32 Å². The number of nitrogens with one attached hydrogen (secondary N) is 1. The molecule has 1 aliphatic carbocycles. The van der Waals surface area contributed by atoms with Gasteiger partial charge in [0, 0.05) is 6.42 Å². The highest BCUT2D eigenvalue weighted by atomic mass is 16.5. The van der Waals surface area contributed by atoms with Crippen LogP contribution >= 0.6 is 0 Å². The molecule has 0 aromatic carbocycles. The van der Waals surface area contributed by atoms with Crippen LogP contribution in [0.2, 0.25) is 0 Å². The zero-order valence-electron chi connectivity index (χ0n) is 7.92. The van der Waals surface area contributed by atoms with Gasteiger partial charge < -0.3 is 10.1 Å². The summed E-state index contributed by atoms with van der Waals surface area (Å²) < 4.78 is 4.99. The first-order chi connectivity index (χ1) is 6.34. The van der Waals surface area contributed by atoms with Gasteiger partial charge in [-0.3, -0.25) is 4.79 Å². The molecule has 0 spiro atoms. The lowest BCUT2D eigenvalue weighted by molar-refractivity contribution is -0.126. The largest absolute Gasteiger partial charge is 0.377 e. The average Bonchev–Trinajstić information content (AvgIpc) is 2.49. The normalized spacial score (nSPS) is 24.3. The molecule has 0 aromatic rings. The van der Waals surface area contributed by atoms with E-state index in [4.69, 9.17) is 4.74 Å². The highest BCUT2D eigenvalue weighted by molar-refractivity contribution is 5.76. The third-order valence-corrected chi connectivity index (χ3v) is 2.95. The molecule has 1 amide bonds. The van der Waals surface area contributed by atoms with E-state index in [1.54, 1.807) is 0 Å². The van der Waals surface area contributed by atoms with Crippen LogP contribution in [0.15, 0.2) is 0 Å². The lowest BCUT2D eigenvalue weighted by atomic mass is 10.0. The fourth-order valence-electron chi connectivity index (χ4n) is 2.08. The first kappa shape index (κ1) is 9.00. The Hall–Kier alpha value is -0.570. The SMILES string of the molecule is O=C(CC1CCCC1)NC1COC1. The van der Waals surface area contributed by atoms with Crippen LogP contribution in [0.4, 0.5) is 0 Å². The molecule has 0 radical (unpaired) electrons. The maximum atomic E-state index is 11.4. The maximum absolute atomic E-state index is 11.4. The van der Waals surface area contributed by atoms with Crippen molar-refractivity contribution in [1.29, 1.82) is 0 Å². The molecule has 0 atom stereocenters. The molecule has 13 heavy (non-hydrogen) atoms. The number of rotatable bonds is 3. The number of hydrogen-bond acceptors (Lipinski definition) is 2. The Bertz CT molecular complexity index is 183. The summed E-state index contributed by atoms with van der Waals surface area (Å²) >= 11 is 0. The minimum atomic E-state index is 0.222. The van der Waals surface area contributed by atoms with Crippen molar-refractivity contribution >= 4 is 5.91 Å². The van der Waals surface area contributed by atoms with E-state index in [9.17, 15) is 4.79 Å². The molecule has 3 nitrogen and oxygen atoms in total. The van der Waals surface area contributed by atoms with Gasteiger partial charge in [-0.15, -0.1) is 0 Å². The third-order valence-electron chi connectivity index (χ3n) is 2.95. The fourth-order valence-corrected chi connectivity index (χ4v) is 2.08. The predicted octanol–water partition coefficient (Wildman–Crippen LogP) is 1.08. The lowest BCUT2D eigenvalue weighted by Gasteiger charge is -2.27. The van der Waals surface area contributed by atoms with Crippen LogP contribution in [-0.4, -0.2) is 25.2 Å². The van der Waals surface area contributed by atoms with Crippen LogP contribution < -0.4 is 5.32 Å². The number of carbonyl (C=O) groups is 1. The van der Waals surface area contributed by atoms with Gasteiger partial charge in [-0.25, -0.2) is 0 Å². The molecular weight excluding hydrogens is 166 g/mol. The number of carbonyl (C=O) groups excluding carboxylic acids is 1. The second kappa shape index (κ2) is 4.09. The van der Waals surface area contributed by atoms with Crippen LogP contribution in [0.5, 0.6) is 0 Å². The Labute approximate surface area is 78.8 Å². The number of ether oxygens (including phenoxy) is 1. The van der Waals surface area contributed by atoms with E-state index in [0.29, 0.717) is 25.2 Å². The van der Waals surface area contributed by atoms with Crippen molar-refractivity contribution in [3.8, 4) is 0 Å². The van der Waals surface area contributed by atoms with Crippen molar-refractivity contribution in [2.24, 2.45) is 5.92 Å². The quantitative estimate of drug-likeness (QED) is 0.711. The summed E-state index contributed by atoms with van der Waals surface area (Å²) in [5.41, 5.74) is 0. The zero-order chi connectivity index (χ0) is 9.10. The summed E-state index contributed by atoms with van der Waals surface area (Å²) in [6, 6.07) is 0.300. The highest BCUT2D eigenvalue weighted by Gasteiger charge is 2.23. The Morgan fingerprint density at radius 1 is 1.31 bits per heavy atom. The minimum Gasteiger partial charge on any atom is -0.377 e. The van der Waals surface area contributed by atoms with Gasteiger partial charge in [-0.2, -0.15) is 0 Å². The molecule has 3 heteroatoms. The molecule has 2 rings (SSSR count). The van der Waals surface area contributed by atoms with Gasteiger partial charge in [-0.05, 0) is 18.8 Å². The van der Waals surface area contributed by atoms with Crippen LogP contribution in [0.25, 0.3) is 0 Å². The summed E-state index contributed by atoms with van der Waals surface area (Å²) in [7, 11) is 0. The van der Waals surface area contributed by atoms with Gasteiger partial charge in [0.15, 0.2) is 0 Å². The fraction of sp³-hybridized carbons (Fsp3) is 0.900. The van der Waals surface area contributed by atoms with E-state index in [0.717, 1.165) is 6.42 Å². The average molecular weight is 183 g/mol. The summed E-state index contributed by atoms with van der Waals surface area (Å²) in [5.74, 6) is 0.876. The van der Waals surface area contributed by atoms with Gasteiger partial charge in [0.2, 0.25) is 5.91 Å². The second-order valence-electron chi connectivity index (χ2n) is 4.16. The Balaban J connectivity index is 1.64. The van der Waals surface area contributed by atoms with E-state index in [1.807, 2.05) is 0 Å². The molecule has 2 aliphatic rings. The van der Waals surface area contributed by atoms with Crippen molar-refractivity contribution in [3.05, 3.63) is 0 Å². The molecule has 0 unspecified atom stereocenters. The molecule has 1 saturated heterocycles. The number of hydrogen-bond donors (Lipinski definition) is 1. The van der Waals surface area contributed by atoms with Gasteiger partial charge >= 0.3 is 0 Å². The van der Waals surface area contributed by atoms with Crippen LogP contribution in [0, 0.1) is 5.92 Å². The molecule has 0 bridgehead atoms. The zero-order valence-corrected chi connectivity index (χ0v) is 7.92. The van der Waals surface area contributed by atoms with E-state index in [1.165, 1.54) is 25.7 Å². The van der Waals surface area contributed by atoms with Crippen molar-refractivity contribution < 1.29 is 9.53 Å². The Morgan fingerprint density at radius 2 is 2.00 bits per heavy atom. The summed E-state index contributed by atoms with van der Waals surface area (Å²) in [4.78, 5) is 11.4. The molecule has 0 aromatic heterocycles. The summed E-state index contributed by atoms with van der Waals surface area (Å²) in [6.45, 7) is 1.41. The first-order valence-corrected chi connectivity index (χ1v) is 5.21. The third kappa shape index (κ3) is 2.44. The van der Waals surface area contributed by atoms with E-state index in [2.05, 4.69) is 5.32 Å². The molecular formula is C10H17NO2. The molecule has 2 fully saturated rings. The number of amides is 1. The smallest absolute Gasteiger partial charge is 0.220 e. The van der Waals surface area contributed by atoms with E-state index >= 15 is 0 Å².